The molecule has 0 spiro atoms. The lowest BCUT2D eigenvalue weighted by atomic mass is 10.1. The number of fused-ring (bicyclic) bond motifs is 1. The molecule has 2 rings (SSSR count). The zero-order chi connectivity index (χ0) is 12.6. The van der Waals surface area contributed by atoms with E-state index in [0.717, 1.165) is 0 Å². The number of aromatic nitrogens is 2. The van der Waals surface area contributed by atoms with Crippen LogP contribution in [0.3, 0.4) is 0 Å². The van der Waals surface area contributed by atoms with Crippen LogP contribution < -0.4 is 0 Å². The fourth-order valence-electron chi connectivity index (χ4n) is 1.76. The van der Waals surface area contributed by atoms with E-state index in [1.165, 1.54) is 4.68 Å². The van der Waals surface area contributed by atoms with Gasteiger partial charge in [0.2, 0.25) is 0 Å². The van der Waals surface area contributed by atoms with Gasteiger partial charge in [-0.2, -0.15) is 5.10 Å². The van der Waals surface area contributed by atoms with Crippen LogP contribution in [0.4, 0.5) is 8.78 Å². The van der Waals surface area contributed by atoms with E-state index < -0.39 is 18.3 Å². The highest BCUT2D eigenvalue weighted by Gasteiger charge is 2.38. The quantitative estimate of drug-likeness (QED) is 0.788. The van der Waals surface area contributed by atoms with Crippen molar-refractivity contribution in [2.75, 3.05) is 6.61 Å². The molecule has 0 fully saturated rings. The minimum atomic E-state index is -2.73. The lowest BCUT2D eigenvalue weighted by molar-refractivity contribution is -0.0245. The second kappa shape index (κ2) is 4.36. The summed E-state index contributed by atoms with van der Waals surface area (Å²) >= 11 is 3.14. The Morgan fingerprint density at radius 1 is 1.65 bits per heavy atom. The van der Waals surface area contributed by atoms with E-state index in [9.17, 15) is 13.6 Å². The minimum Gasteiger partial charge on any atom is -0.461 e. The second-order valence-electron chi connectivity index (χ2n) is 3.84. The Labute approximate surface area is 105 Å². The number of hydrogen-bond donors (Lipinski definition) is 0. The Morgan fingerprint density at radius 2 is 2.35 bits per heavy atom. The lowest BCUT2D eigenvalue weighted by Crippen LogP contribution is -2.29. The molecule has 0 amide bonds. The first-order valence-electron chi connectivity index (χ1n) is 5.25. The van der Waals surface area contributed by atoms with Gasteiger partial charge in [0.15, 0.2) is 5.69 Å². The molecule has 0 saturated carbocycles. The maximum absolute atomic E-state index is 13.2. The molecule has 1 aliphatic heterocycles. The maximum atomic E-state index is 13.2. The smallest absolute Gasteiger partial charge is 0.360 e. The van der Waals surface area contributed by atoms with E-state index in [4.69, 9.17) is 4.74 Å². The first kappa shape index (κ1) is 12.5. The summed E-state index contributed by atoms with van der Waals surface area (Å²) in [5.41, 5.74) is 0.420. The van der Waals surface area contributed by atoms with E-state index in [-0.39, 0.29) is 25.3 Å². The van der Waals surface area contributed by atoms with Crippen molar-refractivity contribution in [2.24, 2.45) is 0 Å². The molecular weight excluding hydrogens is 298 g/mol. The number of nitrogens with zero attached hydrogens (tertiary/aromatic N) is 2. The standard InChI is InChI=1S/C10H11BrF2N2O2/c1-2-17-9(16)8-7(11)6-5-10(12,13)3-4-15(6)14-8/h2-5H2,1H3. The summed E-state index contributed by atoms with van der Waals surface area (Å²) < 4.78 is 33.0. The topological polar surface area (TPSA) is 44.1 Å². The molecule has 1 aromatic rings. The maximum Gasteiger partial charge on any atom is 0.360 e. The Kier molecular flexibility index (Phi) is 3.20. The van der Waals surface area contributed by atoms with Crippen LogP contribution in [0.15, 0.2) is 4.47 Å². The summed E-state index contributed by atoms with van der Waals surface area (Å²) in [7, 11) is 0. The number of esters is 1. The van der Waals surface area contributed by atoms with Crippen LogP contribution in [-0.4, -0.2) is 28.3 Å². The summed E-state index contributed by atoms with van der Waals surface area (Å²) in [5.74, 6) is -3.32. The first-order valence-corrected chi connectivity index (χ1v) is 6.04. The third-order valence-electron chi connectivity index (χ3n) is 2.58. The predicted octanol–water partition coefficient (Wildman–Crippen LogP) is 2.40. The third kappa shape index (κ3) is 2.34. The highest BCUT2D eigenvalue weighted by atomic mass is 79.9. The van der Waals surface area contributed by atoms with Crippen molar-refractivity contribution in [1.82, 2.24) is 9.78 Å². The van der Waals surface area contributed by atoms with Crippen LogP contribution in [0.1, 0.15) is 29.5 Å². The molecule has 0 N–H and O–H groups in total. The van der Waals surface area contributed by atoms with Crippen molar-refractivity contribution in [1.29, 1.82) is 0 Å². The molecule has 0 bridgehead atoms. The predicted molar refractivity (Wildman–Crippen MR) is 59.2 cm³/mol. The fourth-order valence-corrected chi connectivity index (χ4v) is 2.35. The molecule has 94 valence electrons. The van der Waals surface area contributed by atoms with E-state index >= 15 is 0 Å². The van der Waals surface area contributed by atoms with Crippen molar-refractivity contribution in [3.05, 3.63) is 15.9 Å². The Bertz CT molecular complexity index is 459. The first-order chi connectivity index (χ1) is 7.94. The molecule has 1 aliphatic rings. The Hall–Kier alpha value is -0.980. The summed E-state index contributed by atoms with van der Waals surface area (Å²) in [5, 5.41) is 4.00. The Balaban J connectivity index is 2.34. The summed E-state index contributed by atoms with van der Waals surface area (Å²) in [6.07, 6.45) is -0.656. The van der Waals surface area contributed by atoms with Crippen LogP contribution in [0.25, 0.3) is 0 Å². The number of carbonyl (C=O) groups is 1. The van der Waals surface area contributed by atoms with Gasteiger partial charge in [0, 0.05) is 13.0 Å². The molecule has 0 saturated heterocycles. The van der Waals surface area contributed by atoms with Crippen molar-refractivity contribution in [3.8, 4) is 0 Å². The van der Waals surface area contributed by atoms with Crippen LogP contribution in [0.5, 0.6) is 0 Å². The molecule has 0 unspecified atom stereocenters. The molecule has 4 nitrogen and oxygen atoms in total. The molecule has 0 radical (unpaired) electrons. The van der Waals surface area contributed by atoms with E-state index in [1.807, 2.05) is 0 Å². The average Bonchev–Trinajstić information content (AvgIpc) is 2.55. The molecule has 0 atom stereocenters. The monoisotopic (exact) mass is 308 g/mol. The number of carbonyl (C=O) groups excluding carboxylic acids is 1. The largest absolute Gasteiger partial charge is 0.461 e. The fraction of sp³-hybridized carbons (Fsp3) is 0.600. The summed E-state index contributed by atoms with van der Waals surface area (Å²) in [6.45, 7) is 2.01. The molecule has 0 aliphatic carbocycles. The number of rotatable bonds is 2. The van der Waals surface area contributed by atoms with Gasteiger partial charge in [-0.25, -0.2) is 13.6 Å². The number of halogens is 3. The SMILES string of the molecule is CCOC(=O)c1nn2c(c1Br)CC(F)(F)CC2. The zero-order valence-electron chi connectivity index (χ0n) is 9.17. The molecule has 17 heavy (non-hydrogen) atoms. The molecule has 0 aromatic carbocycles. The molecular formula is C10H11BrF2N2O2. The summed E-state index contributed by atoms with van der Waals surface area (Å²) in [4.78, 5) is 11.5. The average molecular weight is 309 g/mol. The van der Waals surface area contributed by atoms with Crippen molar-refractivity contribution in [3.63, 3.8) is 0 Å². The molecule has 7 heteroatoms. The van der Waals surface area contributed by atoms with Gasteiger partial charge in [-0.05, 0) is 22.9 Å². The van der Waals surface area contributed by atoms with Gasteiger partial charge >= 0.3 is 5.97 Å². The zero-order valence-corrected chi connectivity index (χ0v) is 10.8. The third-order valence-corrected chi connectivity index (χ3v) is 3.41. The normalized spacial score (nSPS) is 17.6. The van der Waals surface area contributed by atoms with Gasteiger partial charge in [-0.3, -0.25) is 4.68 Å². The number of hydrogen-bond acceptors (Lipinski definition) is 3. The van der Waals surface area contributed by atoms with Crippen molar-refractivity contribution >= 4 is 21.9 Å². The van der Waals surface area contributed by atoms with Crippen LogP contribution >= 0.6 is 15.9 Å². The number of aryl methyl sites for hydroxylation is 1. The van der Waals surface area contributed by atoms with Gasteiger partial charge in [-0.15, -0.1) is 0 Å². The van der Waals surface area contributed by atoms with Gasteiger partial charge in [-0.1, -0.05) is 0 Å². The van der Waals surface area contributed by atoms with Crippen LogP contribution in [-0.2, 0) is 17.7 Å². The summed E-state index contributed by atoms with van der Waals surface area (Å²) in [6, 6.07) is 0. The number of ether oxygens (including phenoxy) is 1. The van der Waals surface area contributed by atoms with E-state index in [2.05, 4.69) is 21.0 Å². The van der Waals surface area contributed by atoms with Gasteiger partial charge in [0.25, 0.3) is 5.92 Å². The van der Waals surface area contributed by atoms with Crippen LogP contribution in [0.2, 0.25) is 0 Å². The van der Waals surface area contributed by atoms with Gasteiger partial charge in [0.1, 0.15) is 0 Å². The van der Waals surface area contributed by atoms with Crippen LogP contribution in [0, 0.1) is 0 Å². The number of alkyl halides is 2. The van der Waals surface area contributed by atoms with Gasteiger partial charge < -0.3 is 4.74 Å². The minimum absolute atomic E-state index is 0.0690. The van der Waals surface area contributed by atoms with Crippen molar-refractivity contribution < 1.29 is 18.3 Å². The van der Waals surface area contributed by atoms with E-state index in [1.54, 1.807) is 6.92 Å². The van der Waals surface area contributed by atoms with E-state index in [0.29, 0.717) is 10.2 Å². The molecule has 1 aromatic heterocycles. The highest BCUT2D eigenvalue weighted by Crippen LogP contribution is 2.34. The highest BCUT2D eigenvalue weighted by molar-refractivity contribution is 9.10. The molecule has 2 heterocycles. The lowest BCUT2D eigenvalue weighted by Gasteiger charge is -2.22. The second-order valence-corrected chi connectivity index (χ2v) is 4.63. The Morgan fingerprint density at radius 3 is 3.00 bits per heavy atom. The van der Waals surface area contributed by atoms with Crippen molar-refractivity contribution in [2.45, 2.75) is 32.2 Å². The van der Waals surface area contributed by atoms with Gasteiger partial charge in [0.05, 0.1) is 23.2 Å².